The molecular formula is C58H108O6. The van der Waals surface area contributed by atoms with Crippen molar-refractivity contribution in [2.45, 2.75) is 316 Å². The van der Waals surface area contributed by atoms with E-state index in [4.69, 9.17) is 14.2 Å². The van der Waals surface area contributed by atoms with Crippen molar-refractivity contribution in [2.75, 3.05) is 13.2 Å². The quantitative estimate of drug-likeness (QED) is 0.0262. The lowest BCUT2D eigenvalue weighted by molar-refractivity contribution is -0.167. The Labute approximate surface area is 398 Å². The number of hydrogen-bond donors (Lipinski definition) is 0. The Balaban J connectivity index is 4.25. The van der Waals surface area contributed by atoms with Crippen LogP contribution in [0.3, 0.4) is 0 Å². The molecule has 0 aromatic rings. The summed E-state index contributed by atoms with van der Waals surface area (Å²) in [6.07, 6.45) is 61.8. The van der Waals surface area contributed by atoms with E-state index in [1.165, 1.54) is 193 Å². The first-order chi connectivity index (χ1) is 31.5. The summed E-state index contributed by atoms with van der Waals surface area (Å²) < 4.78 is 16.8. The standard InChI is InChI=1S/C58H108O6/c1-4-7-10-13-16-19-22-24-26-28-29-30-31-33-34-36-39-42-45-48-51-57(60)63-54-55(53-62-56(59)50-47-44-41-38-21-18-15-12-9-6-3)64-58(61)52-49-46-43-40-37-35-32-27-25-23-20-17-14-11-8-5-2/h12,15,27,32,55H,4-11,13-14,16-26,28-31,33-54H2,1-3H3/b15-12-,32-27-. The highest BCUT2D eigenvalue weighted by atomic mass is 16.6. The van der Waals surface area contributed by atoms with E-state index in [1.54, 1.807) is 0 Å². The average molecular weight is 901 g/mol. The Kier molecular flexibility index (Phi) is 51.7. The number of hydrogen-bond acceptors (Lipinski definition) is 6. The van der Waals surface area contributed by atoms with Crippen LogP contribution >= 0.6 is 0 Å². The van der Waals surface area contributed by atoms with E-state index in [1.807, 2.05) is 0 Å². The molecule has 0 N–H and O–H groups in total. The number of unbranched alkanes of at least 4 members (excludes halogenated alkanes) is 37. The van der Waals surface area contributed by atoms with Gasteiger partial charge in [-0.2, -0.15) is 0 Å². The van der Waals surface area contributed by atoms with Gasteiger partial charge in [0.25, 0.3) is 0 Å². The second kappa shape index (κ2) is 53.5. The first kappa shape index (κ1) is 61.9. The summed E-state index contributed by atoms with van der Waals surface area (Å²) in [5, 5.41) is 0. The highest BCUT2D eigenvalue weighted by molar-refractivity contribution is 5.71. The summed E-state index contributed by atoms with van der Waals surface area (Å²) in [7, 11) is 0. The summed E-state index contributed by atoms with van der Waals surface area (Å²) in [4.78, 5) is 38.0. The van der Waals surface area contributed by atoms with Crippen molar-refractivity contribution in [3.63, 3.8) is 0 Å². The maximum Gasteiger partial charge on any atom is 0.306 e. The van der Waals surface area contributed by atoms with Gasteiger partial charge >= 0.3 is 17.9 Å². The molecule has 0 aromatic heterocycles. The number of carbonyl (C=O) groups excluding carboxylic acids is 3. The molecule has 0 aliphatic heterocycles. The fourth-order valence-corrected chi connectivity index (χ4v) is 8.38. The van der Waals surface area contributed by atoms with Crippen LogP contribution in [0.1, 0.15) is 310 Å². The summed E-state index contributed by atoms with van der Waals surface area (Å²) in [6, 6.07) is 0. The van der Waals surface area contributed by atoms with Crippen LogP contribution in [-0.4, -0.2) is 37.2 Å². The number of esters is 3. The smallest absolute Gasteiger partial charge is 0.306 e. The van der Waals surface area contributed by atoms with E-state index < -0.39 is 6.10 Å². The molecule has 376 valence electrons. The van der Waals surface area contributed by atoms with Crippen LogP contribution in [0, 0.1) is 0 Å². The van der Waals surface area contributed by atoms with Crippen LogP contribution in [0.5, 0.6) is 0 Å². The number of ether oxygens (including phenoxy) is 3. The first-order valence-electron chi connectivity index (χ1n) is 28.3. The summed E-state index contributed by atoms with van der Waals surface area (Å²) in [6.45, 7) is 6.60. The average Bonchev–Trinajstić information content (AvgIpc) is 3.29. The molecule has 0 spiro atoms. The van der Waals surface area contributed by atoms with Crippen molar-refractivity contribution in [3.05, 3.63) is 24.3 Å². The van der Waals surface area contributed by atoms with Crippen molar-refractivity contribution in [1.29, 1.82) is 0 Å². The third-order valence-corrected chi connectivity index (χ3v) is 12.7. The van der Waals surface area contributed by atoms with E-state index in [9.17, 15) is 14.4 Å². The van der Waals surface area contributed by atoms with Gasteiger partial charge in [0.2, 0.25) is 0 Å². The predicted octanol–water partition coefficient (Wildman–Crippen LogP) is 18.7. The largest absolute Gasteiger partial charge is 0.462 e. The van der Waals surface area contributed by atoms with E-state index in [0.29, 0.717) is 19.3 Å². The molecule has 6 heteroatoms. The molecule has 0 radical (unpaired) electrons. The molecule has 0 saturated carbocycles. The highest BCUT2D eigenvalue weighted by Gasteiger charge is 2.19. The van der Waals surface area contributed by atoms with Crippen molar-refractivity contribution in [2.24, 2.45) is 0 Å². The maximum absolute atomic E-state index is 12.8. The van der Waals surface area contributed by atoms with Gasteiger partial charge in [0.15, 0.2) is 6.10 Å². The summed E-state index contributed by atoms with van der Waals surface area (Å²) in [5.41, 5.74) is 0. The molecule has 0 aliphatic carbocycles. The molecule has 64 heavy (non-hydrogen) atoms. The molecule has 0 aliphatic rings. The maximum atomic E-state index is 12.8. The molecule has 6 nitrogen and oxygen atoms in total. The zero-order valence-electron chi connectivity index (χ0n) is 43.1. The first-order valence-corrected chi connectivity index (χ1v) is 28.3. The van der Waals surface area contributed by atoms with E-state index in [2.05, 4.69) is 45.1 Å². The minimum Gasteiger partial charge on any atom is -0.462 e. The van der Waals surface area contributed by atoms with Gasteiger partial charge in [-0.05, 0) is 64.2 Å². The molecule has 1 atom stereocenters. The zero-order valence-corrected chi connectivity index (χ0v) is 43.1. The van der Waals surface area contributed by atoms with E-state index >= 15 is 0 Å². The van der Waals surface area contributed by atoms with Gasteiger partial charge in [-0.15, -0.1) is 0 Å². The molecule has 0 bridgehead atoms. The lowest BCUT2D eigenvalue weighted by atomic mass is 10.0. The van der Waals surface area contributed by atoms with Crippen LogP contribution in [0.25, 0.3) is 0 Å². The molecule has 1 unspecified atom stereocenters. The van der Waals surface area contributed by atoms with Crippen molar-refractivity contribution in [1.82, 2.24) is 0 Å². The van der Waals surface area contributed by atoms with Crippen molar-refractivity contribution in [3.8, 4) is 0 Å². The molecule has 0 heterocycles. The van der Waals surface area contributed by atoms with Crippen molar-refractivity contribution < 1.29 is 28.6 Å². The molecule has 0 rings (SSSR count). The van der Waals surface area contributed by atoms with Crippen LogP contribution in [0.2, 0.25) is 0 Å². The third kappa shape index (κ3) is 50.9. The Morgan fingerprint density at radius 1 is 0.297 bits per heavy atom. The minimum absolute atomic E-state index is 0.0732. The topological polar surface area (TPSA) is 78.9 Å². The molecule has 0 fully saturated rings. The van der Waals surface area contributed by atoms with Crippen LogP contribution < -0.4 is 0 Å². The second-order valence-electron chi connectivity index (χ2n) is 19.2. The van der Waals surface area contributed by atoms with Gasteiger partial charge in [0.05, 0.1) is 0 Å². The number of carbonyl (C=O) groups is 3. The Hall–Kier alpha value is -2.11. The normalized spacial score (nSPS) is 12.1. The third-order valence-electron chi connectivity index (χ3n) is 12.7. The van der Waals surface area contributed by atoms with Gasteiger partial charge in [-0.1, -0.05) is 251 Å². The van der Waals surface area contributed by atoms with Gasteiger partial charge in [-0.3, -0.25) is 14.4 Å². The van der Waals surface area contributed by atoms with Crippen LogP contribution in [-0.2, 0) is 28.6 Å². The lowest BCUT2D eigenvalue weighted by Gasteiger charge is -2.18. The van der Waals surface area contributed by atoms with Crippen LogP contribution in [0.15, 0.2) is 24.3 Å². The Morgan fingerprint density at radius 2 is 0.547 bits per heavy atom. The zero-order chi connectivity index (χ0) is 46.5. The Morgan fingerprint density at radius 3 is 0.844 bits per heavy atom. The van der Waals surface area contributed by atoms with Crippen molar-refractivity contribution >= 4 is 17.9 Å². The second-order valence-corrected chi connectivity index (χ2v) is 19.2. The van der Waals surface area contributed by atoms with Gasteiger partial charge in [0, 0.05) is 19.3 Å². The van der Waals surface area contributed by atoms with Gasteiger partial charge < -0.3 is 14.2 Å². The fourth-order valence-electron chi connectivity index (χ4n) is 8.38. The molecule has 0 saturated heterocycles. The molecule has 0 aromatic carbocycles. The van der Waals surface area contributed by atoms with Gasteiger partial charge in [-0.25, -0.2) is 0 Å². The fraction of sp³-hybridized carbons (Fsp3) is 0.879. The minimum atomic E-state index is -0.774. The number of allylic oxidation sites excluding steroid dienone is 4. The number of rotatable bonds is 52. The molecule has 0 amide bonds. The Bertz CT molecular complexity index is 1040. The lowest BCUT2D eigenvalue weighted by Crippen LogP contribution is -2.30. The summed E-state index contributed by atoms with van der Waals surface area (Å²) in [5.74, 6) is -0.876. The van der Waals surface area contributed by atoms with Crippen LogP contribution in [0.4, 0.5) is 0 Å². The highest BCUT2D eigenvalue weighted by Crippen LogP contribution is 2.17. The van der Waals surface area contributed by atoms with Gasteiger partial charge in [0.1, 0.15) is 13.2 Å². The van der Waals surface area contributed by atoms with E-state index in [0.717, 1.165) is 77.0 Å². The SMILES string of the molecule is CCC/C=C\CCCCCCCC(=O)OCC(COC(=O)CCCCCCCCCCCCCCCCCCCCCC)OC(=O)CCCCCCC/C=C\CCCCCCCCC. The molecular weight excluding hydrogens is 793 g/mol. The summed E-state index contributed by atoms with van der Waals surface area (Å²) >= 11 is 0. The van der Waals surface area contributed by atoms with E-state index in [-0.39, 0.29) is 31.1 Å². The monoisotopic (exact) mass is 901 g/mol. The predicted molar refractivity (Wildman–Crippen MR) is 275 cm³/mol.